The summed E-state index contributed by atoms with van der Waals surface area (Å²) in [5.74, 6) is 0.295. The Morgan fingerprint density at radius 2 is 2.00 bits per heavy atom. The van der Waals surface area contributed by atoms with E-state index in [9.17, 15) is 8.42 Å². The molecule has 2 N–H and O–H groups in total. The summed E-state index contributed by atoms with van der Waals surface area (Å²) in [7, 11) is -3.56. The van der Waals surface area contributed by atoms with Crippen LogP contribution in [-0.4, -0.2) is 18.6 Å². The zero-order valence-electron chi connectivity index (χ0n) is 9.56. The van der Waals surface area contributed by atoms with E-state index in [2.05, 4.69) is 14.9 Å². The monoisotopic (exact) mass is 251 g/mol. The highest BCUT2D eigenvalue weighted by molar-refractivity contribution is 7.92. The van der Waals surface area contributed by atoms with Crippen molar-refractivity contribution in [2.24, 2.45) is 0 Å². The second-order valence-corrected chi connectivity index (χ2v) is 5.54. The van der Waals surface area contributed by atoms with Gasteiger partial charge in [-0.15, -0.1) is 0 Å². The van der Waals surface area contributed by atoms with Gasteiger partial charge >= 0.3 is 0 Å². The standard InChI is InChI=1S/C11H13N3O2S/c1-8-4-3-5-10(6-8)17(15,16)14-11-7-9(2)12-13-11/h3-7H,1-2H3,(H2,12,13,14). The third kappa shape index (κ3) is 2.65. The van der Waals surface area contributed by atoms with Crippen LogP contribution in [0.5, 0.6) is 0 Å². The topological polar surface area (TPSA) is 74.8 Å². The van der Waals surface area contributed by atoms with Gasteiger partial charge < -0.3 is 0 Å². The van der Waals surface area contributed by atoms with E-state index in [1.165, 1.54) is 0 Å². The molecule has 2 rings (SSSR count). The molecule has 0 saturated heterocycles. The molecular formula is C11H13N3O2S. The molecule has 0 amide bonds. The molecule has 1 heterocycles. The smallest absolute Gasteiger partial charge is 0.263 e. The summed E-state index contributed by atoms with van der Waals surface area (Å²) >= 11 is 0. The normalized spacial score (nSPS) is 11.4. The lowest BCUT2D eigenvalue weighted by Gasteiger charge is -2.05. The van der Waals surface area contributed by atoms with E-state index in [4.69, 9.17) is 0 Å². The van der Waals surface area contributed by atoms with Gasteiger partial charge in [0.2, 0.25) is 0 Å². The van der Waals surface area contributed by atoms with Crippen LogP contribution in [0, 0.1) is 13.8 Å². The summed E-state index contributed by atoms with van der Waals surface area (Å²) in [6.07, 6.45) is 0. The van der Waals surface area contributed by atoms with Gasteiger partial charge in [0.1, 0.15) is 0 Å². The maximum atomic E-state index is 12.0. The van der Waals surface area contributed by atoms with Crippen molar-refractivity contribution in [2.45, 2.75) is 18.7 Å². The maximum absolute atomic E-state index is 12.0. The van der Waals surface area contributed by atoms with Crippen LogP contribution in [0.15, 0.2) is 35.2 Å². The lowest BCUT2D eigenvalue weighted by molar-refractivity contribution is 0.601. The summed E-state index contributed by atoms with van der Waals surface area (Å²) in [6.45, 7) is 3.65. The van der Waals surface area contributed by atoms with E-state index in [-0.39, 0.29) is 4.90 Å². The molecule has 0 aliphatic carbocycles. The predicted molar refractivity (Wildman–Crippen MR) is 65.3 cm³/mol. The molecule has 1 aromatic heterocycles. The quantitative estimate of drug-likeness (QED) is 0.873. The number of benzene rings is 1. The van der Waals surface area contributed by atoms with Crippen molar-refractivity contribution >= 4 is 15.8 Å². The lowest BCUT2D eigenvalue weighted by atomic mass is 10.2. The van der Waals surface area contributed by atoms with Crippen molar-refractivity contribution in [3.63, 3.8) is 0 Å². The Balaban J connectivity index is 2.31. The van der Waals surface area contributed by atoms with E-state index in [0.717, 1.165) is 11.3 Å². The first-order valence-electron chi connectivity index (χ1n) is 5.09. The second-order valence-electron chi connectivity index (χ2n) is 3.86. The van der Waals surface area contributed by atoms with Crippen molar-refractivity contribution in [3.8, 4) is 0 Å². The van der Waals surface area contributed by atoms with Gasteiger partial charge in [0, 0.05) is 11.8 Å². The van der Waals surface area contributed by atoms with E-state index in [1.807, 2.05) is 13.0 Å². The van der Waals surface area contributed by atoms with Crippen LogP contribution in [0.25, 0.3) is 0 Å². The van der Waals surface area contributed by atoms with Gasteiger partial charge in [0.15, 0.2) is 5.82 Å². The molecule has 0 bridgehead atoms. The van der Waals surface area contributed by atoms with Crippen LogP contribution in [0.1, 0.15) is 11.3 Å². The fourth-order valence-electron chi connectivity index (χ4n) is 1.45. The molecule has 0 aliphatic rings. The average Bonchev–Trinajstić information content (AvgIpc) is 2.63. The van der Waals surface area contributed by atoms with Crippen LogP contribution in [0.2, 0.25) is 0 Å². The van der Waals surface area contributed by atoms with Gasteiger partial charge in [-0.05, 0) is 31.5 Å². The first-order valence-corrected chi connectivity index (χ1v) is 6.57. The van der Waals surface area contributed by atoms with E-state index < -0.39 is 10.0 Å². The number of aromatic amines is 1. The Labute approximate surface area is 99.9 Å². The van der Waals surface area contributed by atoms with Crippen LogP contribution < -0.4 is 4.72 Å². The zero-order chi connectivity index (χ0) is 12.5. The minimum absolute atomic E-state index is 0.234. The van der Waals surface area contributed by atoms with Gasteiger partial charge in [0.25, 0.3) is 10.0 Å². The highest BCUT2D eigenvalue weighted by Crippen LogP contribution is 2.15. The minimum Gasteiger partial charge on any atom is -0.281 e. The number of H-pyrrole nitrogens is 1. The Hall–Kier alpha value is -1.82. The highest BCUT2D eigenvalue weighted by Gasteiger charge is 2.15. The number of aromatic nitrogens is 2. The molecule has 6 heteroatoms. The predicted octanol–water partition coefficient (Wildman–Crippen LogP) is 1.83. The summed E-state index contributed by atoms with van der Waals surface area (Å²) in [4.78, 5) is 0.234. The molecule has 1 aromatic carbocycles. The number of nitrogens with zero attached hydrogens (tertiary/aromatic N) is 1. The fraction of sp³-hybridized carbons (Fsp3) is 0.182. The lowest BCUT2D eigenvalue weighted by Crippen LogP contribution is -2.13. The molecule has 17 heavy (non-hydrogen) atoms. The molecule has 0 radical (unpaired) electrons. The third-order valence-corrected chi connectivity index (χ3v) is 3.60. The molecular weight excluding hydrogens is 238 g/mol. The number of aryl methyl sites for hydroxylation is 2. The SMILES string of the molecule is Cc1cccc(S(=O)(=O)Nc2cc(C)[nH]n2)c1. The van der Waals surface area contributed by atoms with Crippen molar-refractivity contribution in [2.75, 3.05) is 4.72 Å². The largest absolute Gasteiger partial charge is 0.281 e. The molecule has 0 aliphatic heterocycles. The fourth-order valence-corrected chi connectivity index (χ4v) is 2.55. The van der Waals surface area contributed by atoms with Gasteiger partial charge in [-0.25, -0.2) is 8.42 Å². The molecule has 5 nitrogen and oxygen atoms in total. The summed E-state index contributed by atoms with van der Waals surface area (Å²) in [6, 6.07) is 8.35. The van der Waals surface area contributed by atoms with Gasteiger partial charge in [0.05, 0.1) is 4.90 Å². The van der Waals surface area contributed by atoms with Gasteiger partial charge in [-0.2, -0.15) is 5.10 Å². The number of sulfonamides is 1. The van der Waals surface area contributed by atoms with Crippen molar-refractivity contribution in [1.29, 1.82) is 0 Å². The first-order chi connectivity index (χ1) is 7.97. The van der Waals surface area contributed by atoms with E-state index in [1.54, 1.807) is 31.2 Å². The highest BCUT2D eigenvalue weighted by atomic mass is 32.2. The Bertz CT molecular complexity index is 632. The van der Waals surface area contributed by atoms with Crippen molar-refractivity contribution in [3.05, 3.63) is 41.6 Å². The number of hydrogen-bond acceptors (Lipinski definition) is 3. The number of anilines is 1. The second kappa shape index (κ2) is 4.21. The zero-order valence-corrected chi connectivity index (χ0v) is 10.4. The van der Waals surface area contributed by atoms with E-state index in [0.29, 0.717) is 5.82 Å². The van der Waals surface area contributed by atoms with Gasteiger partial charge in [-0.3, -0.25) is 9.82 Å². The summed E-state index contributed by atoms with van der Waals surface area (Å²) in [5, 5.41) is 6.51. The van der Waals surface area contributed by atoms with E-state index >= 15 is 0 Å². The summed E-state index contributed by atoms with van der Waals surface area (Å²) in [5.41, 5.74) is 1.69. The first kappa shape index (κ1) is 11.7. The molecule has 2 aromatic rings. The van der Waals surface area contributed by atoms with Crippen LogP contribution in [0.3, 0.4) is 0 Å². The summed E-state index contributed by atoms with van der Waals surface area (Å²) < 4.78 is 26.4. The Morgan fingerprint density at radius 1 is 1.24 bits per heavy atom. The van der Waals surface area contributed by atoms with Crippen LogP contribution in [-0.2, 0) is 10.0 Å². The molecule has 0 atom stereocenters. The number of nitrogens with one attached hydrogen (secondary N) is 2. The Morgan fingerprint density at radius 3 is 2.59 bits per heavy atom. The van der Waals surface area contributed by atoms with Gasteiger partial charge in [-0.1, -0.05) is 12.1 Å². The molecule has 0 fully saturated rings. The van der Waals surface area contributed by atoms with Crippen LogP contribution in [0.4, 0.5) is 5.82 Å². The molecule has 90 valence electrons. The average molecular weight is 251 g/mol. The van der Waals surface area contributed by atoms with Crippen molar-refractivity contribution in [1.82, 2.24) is 10.2 Å². The maximum Gasteiger partial charge on any atom is 0.263 e. The Kier molecular flexibility index (Phi) is 2.89. The minimum atomic E-state index is -3.56. The van der Waals surface area contributed by atoms with Crippen molar-refractivity contribution < 1.29 is 8.42 Å². The number of hydrogen-bond donors (Lipinski definition) is 2. The molecule has 0 unspecified atom stereocenters. The number of rotatable bonds is 3. The van der Waals surface area contributed by atoms with Crippen LogP contribution >= 0.6 is 0 Å². The molecule has 0 spiro atoms. The third-order valence-electron chi connectivity index (χ3n) is 2.24. The molecule has 0 saturated carbocycles.